The average Bonchev–Trinajstić information content (AvgIpc) is 2.81. The number of benzene rings is 1. The van der Waals surface area contributed by atoms with Crippen molar-refractivity contribution in [3.8, 4) is 0 Å². The van der Waals surface area contributed by atoms with Crippen LogP contribution < -0.4 is 10.2 Å². The third-order valence-corrected chi connectivity index (χ3v) is 3.32. The number of aromatic nitrogens is 1. The van der Waals surface area contributed by atoms with Crippen LogP contribution in [0, 0.1) is 13.8 Å². The third-order valence-electron chi connectivity index (χ3n) is 3.32. The van der Waals surface area contributed by atoms with Crippen LogP contribution in [0.5, 0.6) is 0 Å². The van der Waals surface area contributed by atoms with Gasteiger partial charge in [0.15, 0.2) is 5.58 Å². The lowest BCUT2D eigenvalue weighted by atomic mass is 10.1. The number of rotatable bonds is 1. The van der Waals surface area contributed by atoms with Crippen LogP contribution in [-0.2, 0) is 0 Å². The van der Waals surface area contributed by atoms with E-state index in [1.807, 2.05) is 0 Å². The monoisotopic (exact) mass is 231 g/mol. The molecule has 0 unspecified atom stereocenters. The molecule has 1 aliphatic heterocycles. The lowest BCUT2D eigenvalue weighted by Crippen LogP contribution is -2.43. The Morgan fingerprint density at radius 2 is 1.88 bits per heavy atom. The molecule has 0 atom stereocenters. The molecular weight excluding hydrogens is 214 g/mol. The summed E-state index contributed by atoms with van der Waals surface area (Å²) in [5.41, 5.74) is 4.26. The zero-order valence-corrected chi connectivity index (χ0v) is 10.3. The van der Waals surface area contributed by atoms with Gasteiger partial charge < -0.3 is 14.6 Å². The van der Waals surface area contributed by atoms with E-state index >= 15 is 0 Å². The number of fused-ring (bicyclic) bond motifs is 1. The van der Waals surface area contributed by atoms with Crippen molar-refractivity contribution in [1.82, 2.24) is 10.3 Å². The predicted molar refractivity (Wildman–Crippen MR) is 68.6 cm³/mol. The highest BCUT2D eigenvalue weighted by Crippen LogP contribution is 2.27. The Balaban J connectivity index is 2.06. The third kappa shape index (κ3) is 1.78. The molecule has 2 aromatic rings. The van der Waals surface area contributed by atoms with Crippen molar-refractivity contribution in [1.29, 1.82) is 0 Å². The van der Waals surface area contributed by atoms with Gasteiger partial charge in [0, 0.05) is 26.2 Å². The van der Waals surface area contributed by atoms with Crippen LogP contribution in [0.1, 0.15) is 11.1 Å². The van der Waals surface area contributed by atoms with Crippen LogP contribution in [0.15, 0.2) is 16.5 Å². The summed E-state index contributed by atoms with van der Waals surface area (Å²) >= 11 is 0. The summed E-state index contributed by atoms with van der Waals surface area (Å²) in [5, 5.41) is 3.33. The van der Waals surface area contributed by atoms with Gasteiger partial charge in [-0.1, -0.05) is 12.1 Å². The number of aryl methyl sites for hydroxylation is 2. The van der Waals surface area contributed by atoms with Crippen molar-refractivity contribution in [2.75, 3.05) is 31.1 Å². The summed E-state index contributed by atoms with van der Waals surface area (Å²) in [4.78, 5) is 6.83. The summed E-state index contributed by atoms with van der Waals surface area (Å²) in [7, 11) is 0. The van der Waals surface area contributed by atoms with Gasteiger partial charge in [0.25, 0.3) is 6.01 Å². The van der Waals surface area contributed by atoms with E-state index < -0.39 is 0 Å². The van der Waals surface area contributed by atoms with E-state index in [1.165, 1.54) is 5.56 Å². The van der Waals surface area contributed by atoms with Crippen molar-refractivity contribution in [2.24, 2.45) is 0 Å². The van der Waals surface area contributed by atoms with Crippen LogP contribution in [0.25, 0.3) is 11.1 Å². The Morgan fingerprint density at radius 1 is 1.18 bits per heavy atom. The number of piperazine rings is 1. The van der Waals surface area contributed by atoms with Crippen molar-refractivity contribution >= 4 is 17.1 Å². The lowest BCUT2D eigenvalue weighted by molar-refractivity contribution is 0.517. The normalized spacial score (nSPS) is 16.7. The zero-order chi connectivity index (χ0) is 11.8. The lowest BCUT2D eigenvalue weighted by Gasteiger charge is -2.25. The molecule has 3 rings (SSSR count). The summed E-state index contributed by atoms with van der Waals surface area (Å²) in [6, 6.07) is 4.95. The predicted octanol–water partition coefficient (Wildman–Crippen LogP) is 1.85. The fraction of sp³-hybridized carbons (Fsp3) is 0.462. The van der Waals surface area contributed by atoms with Crippen LogP contribution in [0.2, 0.25) is 0 Å². The molecule has 1 N–H and O–H groups in total. The standard InChI is InChI=1S/C13H17N3O/c1-9-3-4-10(2)12-11(9)15-13(17-12)16-7-5-14-6-8-16/h3-4,14H,5-8H2,1-2H3. The van der Waals surface area contributed by atoms with Gasteiger partial charge in [-0.15, -0.1) is 0 Å². The minimum absolute atomic E-state index is 0.763. The molecule has 1 aromatic carbocycles. The van der Waals surface area contributed by atoms with E-state index in [4.69, 9.17) is 4.42 Å². The minimum Gasteiger partial charge on any atom is -0.423 e. The first-order chi connectivity index (χ1) is 8.25. The molecule has 1 fully saturated rings. The van der Waals surface area contributed by atoms with Gasteiger partial charge in [0.05, 0.1) is 0 Å². The van der Waals surface area contributed by atoms with E-state index in [9.17, 15) is 0 Å². The molecule has 17 heavy (non-hydrogen) atoms. The Kier molecular flexibility index (Phi) is 2.52. The SMILES string of the molecule is Cc1ccc(C)c2oc(N3CCNCC3)nc12. The number of oxazole rings is 1. The van der Waals surface area contributed by atoms with Gasteiger partial charge in [-0.3, -0.25) is 0 Å². The summed E-state index contributed by atoms with van der Waals surface area (Å²) in [6.45, 7) is 8.06. The van der Waals surface area contributed by atoms with Gasteiger partial charge in [-0.2, -0.15) is 4.98 Å². The second-order valence-electron chi connectivity index (χ2n) is 4.61. The Hall–Kier alpha value is -1.55. The highest BCUT2D eigenvalue weighted by Gasteiger charge is 2.17. The number of anilines is 1. The van der Waals surface area contributed by atoms with Crippen molar-refractivity contribution in [3.63, 3.8) is 0 Å². The number of nitrogens with zero attached hydrogens (tertiary/aromatic N) is 2. The number of hydrogen-bond acceptors (Lipinski definition) is 4. The molecule has 2 heterocycles. The second kappa shape index (κ2) is 4.04. The molecule has 1 aliphatic rings. The molecule has 4 nitrogen and oxygen atoms in total. The van der Waals surface area contributed by atoms with E-state index in [2.05, 4.69) is 41.2 Å². The molecule has 90 valence electrons. The molecule has 0 saturated carbocycles. The smallest absolute Gasteiger partial charge is 0.298 e. The first-order valence-corrected chi connectivity index (χ1v) is 6.08. The molecule has 1 aromatic heterocycles. The Bertz CT molecular complexity index is 502. The Labute approximate surface area is 101 Å². The second-order valence-corrected chi connectivity index (χ2v) is 4.61. The summed E-state index contributed by atoms with van der Waals surface area (Å²) in [6.07, 6.45) is 0. The minimum atomic E-state index is 0.763. The number of nitrogens with one attached hydrogen (secondary N) is 1. The largest absolute Gasteiger partial charge is 0.423 e. The molecular formula is C13H17N3O. The van der Waals surface area contributed by atoms with E-state index in [0.717, 1.165) is 48.9 Å². The van der Waals surface area contributed by atoms with Gasteiger partial charge in [0.2, 0.25) is 0 Å². The van der Waals surface area contributed by atoms with Crippen molar-refractivity contribution in [2.45, 2.75) is 13.8 Å². The van der Waals surface area contributed by atoms with Crippen LogP contribution in [0.3, 0.4) is 0 Å². The van der Waals surface area contributed by atoms with Crippen LogP contribution >= 0.6 is 0 Å². The summed E-state index contributed by atoms with van der Waals surface area (Å²) in [5.74, 6) is 0. The van der Waals surface area contributed by atoms with Gasteiger partial charge in [-0.25, -0.2) is 0 Å². The molecule has 0 radical (unpaired) electrons. The Morgan fingerprint density at radius 3 is 2.59 bits per heavy atom. The van der Waals surface area contributed by atoms with E-state index in [-0.39, 0.29) is 0 Å². The first kappa shape index (κ1) is 10.6. The van der Waals surface area contributed by atoms with Gasteiger partial charge in [-0.05, 0) is 25.0 Å². The maximum atomic E-state index is 5.91. The molecule has 0 amide bonds. The van der Waals surface area contributed by atoms with Gasteiger partial charge in [0.1, 0.15) is 5.52 Å². The maximum absolute atomic E-state index is 5.91. The highest BCUT2D eigenvalue weighted by molar-refractivity contribution is 5.81. The zero-order valence-electron chi connectivity index (χ0n) is 10.3. The molecule has 0 bridgehead atoms. The fourth-order valence-corrected chi connectivity index (χ4v) is 2.24. The van der Waals surface area contributed by atoms with Crippen LogP contribution in [0.4, 0.5) is 6.01 Å². The fourth-order valence-electron chi connectivity index (χ4n) is 2.24. The maximum Gasteiger partial charge on any atom is 0.298 e. The highest BCUT2D eigenvalue weighted by atomic mass is 16.4. The van der Waals surface area contributed by atoms with E-state index in [1.54, 1.807) is 0 Å². The summed E-state index contributed by atoms with van der Waals surface area (Å²) < 4.78 is 5.91. The average molecular weight is 231 g/mol. The van der Waals surface area contributed by atoms with Gasteiger partial charge >= 0.3 is 0 Å². The number of hydrogen-bond donors (Lipinski definition) is 1. The quantitative estimate of drug-likeness (QED) is 0.813. The molecule has 1 saturated heterocycles. The topological polar surface area (TPSA) is 41.3 Å². The van der Waals surface area contributed by atoms with Crippen molar-refractivity contribution < 1.29 is 4.42 Å². The molecule has 4 heteroatoms. The molecule has 0 aliphatic carbocycles. The first-order valence-electron chi connectivity index (χ1n) is 6.08. The van der Waals surface area contributed by atoms with Crippen molar-refractivity contribution in [3.05, 3.63) is 23.3 Å². The van der Waals surface area contributed by atoms with Crippen LogP contribution in [-0.4, -0.2) is 31.2 Å². The van der Waals surface area contributed by atoms with E-state index in [0.29, 0.717) is 0 Å². The molecule has 0 spiro atoms.